The molecule has 1 saturated heterocycles. The minimum absolute atomic E-state index is 0.194. The van der Waals surface area contributed by atoms with Crippen molar-refractivity contribution in [2.45, 2.75) is 19.4 Å². The highest BCUT2D eigenvalue weighted by molar-refractivity contribution is 5.93. The molecule has 122 valence electrons. The summed E-state index contributed by atoms with van der Waals surface area (Å²) in [4.78, 5) is 13.5. The maximum absolute atomic E-state index is 11.2. The van der Waals surface area contributed by atoms with Crippen LogP contribution in [-0.2, 0) is 0 Å². The first-order valence-corrected chi connectivity index (χ1v) is 7.94. The van der Waals surface area contributed by atoms with Crippen molar-refractivity contribution in [3.8, 4) is 0 Å². The Hall–Kier alpha value is -2.96. The first-order chi connectivity index (χ1) is 11.6. The summed E-state index contributed by atoms with van der Waals surface area (Å²) in [6.07, 6.45) is 4.17. The summed E-state index contributed by atoms with van der Waals surface area (Å²) in [6.45, 7) is 3.63. The van der Waals surface area contributed by atoms with Gasteiger partial charge in [0, 0.05) is 30.1 Å². The lowest BCUT2D eigenvalue weighted by atomic mass is 10.1. The van der Waals surface area contributed by atoms with Crippen LogP contribution in [0.5, 0.6) is 0 Å². The average molecular weight is 322 g/mol. The summed E-state index contributed by atoms with van der Waals surface area (Å²) in [5.41, 5.74) is 6.67. The fourth-order valence-corrected chi connectivity index (χ4v) is 3.27. The number of carbonyl (C=O) groups is 1. The van der Waals surface area contributed by atoms with Gasteiger partial charge in [0.05, 0.1) is 23.5 Å². The number of amides is 1. The molecule has 7 nitrogen and oxygen atoms in total. The van der Waals surface area contributed by atoms with Gasteiger partial charge in [0.25, 0.3) is 5.91 Å². The number of carbonyl (C=O) groups excluding carboxylic acids is 1. The number of hydrogen-bond donors (Lipinski definition) is 1. The molecule has 0 bridgehead atoms. The first-order valence-electron chi connectivity index (χ1n) is 7.94. The Balaban J connectivity index is 1.63. The van der Waals surface area contributed by atoms with E-state index in [4.69, 9.17) is 5.73 Å². The van der Waals surface area contributed by atoms with E-state index in [1.807, 2.05) is 23.7 Å². The van der Waals surface area contributed by atoms with Gasteiger partial charge in [-0.2, -0.15) is 10.2 Å². The van der Waals surface area contributed by atoms with Crippen molar-refractivity contribution in [2.75, 3.05) is 18.0 Å². The van der Waals surface area contributed by atoms with Crippen LogP contribution in [0.1, 0.15) is 28.5 Å². The molecule has 0 saturated carbocycles. The highest BCUT2D eigenvalue weighted by atomic mass is 16.1. The maximum Gasteiger partial charge on any atom is 0.251 e. The van der Waals surface area contributed by atoms with Crippen molar-refractivity contribution in [3.63, 3.8) is 0 Å². The summed E-state index contributed by atoms with van der Waals surface area (Å²) < 4.78 is 1.82. The number of nitrogens with zero attached hydrogens (tertiary/aromatic N) is 5. The molecule has 1 fully saturated rings. The third-order valence-corrected chi connectivity index (χ3v) is 4.58. The van der Waals surface area contributed by atoms with Crippen LogP contribution in [0.3, 0.4) is 0 Å². The van der Waals surface area contributed by atoms with Crippen molar-refractivity contribution in [3.05, 3.63) is 47.9 Å². The molecule has 0 spiro atoms. The van der Waals surface area contributed by atoms with E-state index in [0.29, 0.717) is 5.56 Å². The molecule has 0 radical (unpaired) electrons. The molecule has 0 aliphatic carbocycles. The zero-order valence-corrected chi connectivity index (χ0v) is 13.4. The number of hydrogen-bond acceptors (Lipinski definition) is 5. The van der Waals surface area contributed by atoms with E-state index < -0.39 is 5.91 Å². The zero-order chi connectivity index (χ0) is 16.7. The van der Waals surface area contributed by atoms with Gasteiger partial charge < -0.3 is 10.6 Å². The third kappa shape index (κ3) is 2.38. The Bertz CT molecular complexity index is 918. The van der Waals surface area contributed by atoms with Gasteiger partial charge >= 0.3 is 0 Å². The molecule has 2 N–H and O–H groups in total. The van der Waals surface area contributed by atoms with Gasteiger partial charge in [0.15, 0.2) is 5.82 Å². The minimum atomic E-state index is -0.452. The fraction of sp³-hybridized carbons (Fsp3) is 0.294. The van der Waals surface area contributed by atoms with E-state index in [2.05, 4.69) is 32.3 Å². The zero-order valence-electron chi connectivity index (χ0n) is 13.4. The summed E-state index contributed by atoms with van der Waals surface area (Å²) in [5.74, 6) is 0.451. The number of benzene rings is 1. The second-order valence-corrected chi connectivity index (χ2v) is 6.12. The number of anilines is 1. The topological polar surface area (TPSA) is 89.9 Å². The van der Waals surface area contributed by atoms with E-state index in [0.717, 1.165) is 41.8 Å². The summed E-state index contributed by atoms with van der Waals surface area (Å²) >= 11 is 0. The molecule has 24 heavy (non-hydrogen) atoms. The molecule has 1 aliphatic heterocycles. The second kappa shape index (κ2) is 5.59. The quantitative estimate of drug-likeness (QED) is 0.792. The lowest BCUT2D eigenvalue weighted by Crippen LogP contribution is -2.23. The summed E-state index contributed by atoms with van der Waals surface area (Å²) in [6, 6.07) is 8.39. The molecule has 1 atom stereocenters. The van der Waals surface area contributed by atoms with Gasteiger partial charge in [-0.3, -0.25) is 9.48 Å². The number of primary amides is 1. The number of aryl methyl sites for hydroxylation is 1. The van der Waals surface area contributed by atoms with E-state index in [9.17, 15) is 4.79 Å². The van der Waals surface area contributed by atoms with Gasteiger partial charge in [-0.1, -0.05) is 24.3 Å². The van der Waals surface area contributed by atoms with E-state index in [-0.39, 0.29) is 6.04 Å². The van der Waals surface area contributed by atoms with Gasteiger partial charge in [0.2, 0.25) is 0 Å². The fourth-order valence-electron chi connectivity index (χ4n) is 3.27. The summed E-state index contributed by atoms with van der Waals surface area (Å²) in [5, 5.41) is 15.2. The molecule has 1 aliphatic rings. The Labute approximate surface area is 139 Å². The van der Waals surface area contributed by atoms with E-state index in [1.54, 1.807) is 6.20 Å². The average Bonchev–Trinajstić information content (AvgIpc) is 3.25. The van der Waals surface area contributed by atoms with Crippen molar-refractivity contribution in [2.24, 2.45) is 5.73 Å². The predicted molar refractivity (Wildman–Crippen MR) is 90.9 cm³/mol. The highest BCUT2D eigenvalue weighted by Crippen LogP contribution is 2.31. The van der Waals surface area contributed by atoms with Crippen molar-refractivity contribution in [1.29, 1.82) is 0 Å². The molecular formula is C17H18N6O. The Kier molecular flexibility index (Phi) is 3.41. The normalized spacial score (nSPS) is 17.5. The predicted octanol–water partition coefficient (Wildman–Crippen LogP) is 1.69. The number of fused-ring (bicyclic) bond motifs is 1. The lowest BCUT2D eigenvalue weighted by molar-refractivity contribution is 0.1000. The minimum Gasteiger partial charge on any atom is -0.366 e. The highest BCUT2D eigenvalue weighted by Gasteiger charge is 2.27. The number of nitrogens with two attached hydrogens (primary N) is 1. The molecule has 2 aromatic heterocycles. The SMILES string of the molecule is Cc1nnc(N2CCC(n3cc(C(N)=O)cn3)C2)c2ccccc12. The van der Waals surface area contributed by atoms with Gasteiger partial charge in [-0.25, -0.2) is 0 Å². The van der Waals surface area contributed by atoms with Crippen LogP contribution in [0, 0.1) is 6.92 Å². The van der Waals surface area contributed by atoms with Crippen molar-refractivity contribution in [1.82, 2.24) is 20.0 Å². The molecule has 4 rings (SSSR count). The van der Waals surface area contributed by atoms with Crippen LogP contribution in [0.15, 0.2) is 36.7 Å². The molecule has 3 aromatic rings. The molecule has 1 amide bonds. The molecule has 3 heterocycles. The van der Waals surface area contributed by atoms with E-state index >= 15 is 0 Å². The second-order valence-electron chi connectivity index (χ2n) is 6.12. The van der Waals surface area contributed by atoms with Crippen LogP contribution in [0.25, 0.3) is 10.8 Å². The molecular weight excluding hydrogens is 304 g/mol. The van der Waals surface area contributed by atoms with Crippen LogP contribution >= 0.6 is 0 Å². The van der Waals surface area contributed by atoms with Crippen LogP contribution in [-0.4, -0.2) is 39.0 Å². The van der Waals surface area contributed by atoms with Crippen LogP contribution in [0.4, 0.5) is 5.82 Å². The van der Waals surface area contributed by atoms with Gasteiger partial charge in [-0.15, -0.1) is 5.10 Å². The third-order valence-electron chi connectivity index (χ3n) is 4.58. The Morgan fingerprint density at radius 3 is 2.79 bits per heavy atom. The number of aromatic nitrogens is 4. The molecule has 7 heteroatoms. The largest absolute Gasteiger partial charge is 0.366 e. The summed E-state index contributed by atoms with van der Waals surface area (Å²) in [7, 11) is 0. The maximum atomic E-state index is 11.2. The van der Waals surface area contributed by atoms with Crippen molar-refractivity contribution < 1.29 is 4.79 Å². The molecule has 1 unspecified atom stereocenters. The van der Waals surface area contributed by atoms with Gasteiger partial charge in [-0.05, 0) is 13.3 Å². The first kappa shape index (κ1) is 14.6. The van der Waals surface area contributed by atoms with Crippen molar-refractivity contribution >= 4 is 22.5 Å². The van der Waals surface area contributed by atoms with Crippen LogP contribution < -0.4 is 10.6 Å². The van der Waals surface area contributed by atoms with E-state index in [1.165, 1.54) is 6.20 Å². The van der Waals surface area contributed by atoms with Gasteiger partial charge in [0.1, 0.15) is 0 Å². The monoisotopic (exact) mass is 322 g/mol. The smallest absolute Gasteiger partial charge is 0.251 e. The van der Waals surface area contributed by atoms with Crippen LogP contribution in [0.2, 0.25) is 0 Å². The standard InChI is InChI=1S/C17H18N6O/c1-11-14-4-2-3-5-15(14)17(21-20-11)22-7-6-13(10-22)23-9-12(8-19-23)16(18)24/h2-5,8-9,13H,6-7,10H2,1H3,(H2,18,24). The lowest BCUT2D eigenvalue weighted by Gasteiger charge is -2.19. The Morgan fingerprint density at radius 1 is 1.25 bits per heavy atom. The molecule has 1 aromatic carbocycles. The Morgan fingerprint density at radius 2 is 2.04 bits per heavy atom. The number of rotatable bonds is 3.